The standard InChI is InChI=1S/C13H16N2O2/c16-13-12(10-6-3-4-8-14-10)17-11-7-2-1-5-9(11)15-13/h1-2,5,7,10,12,14H,3-4,6,8H2,(H,15,16). The van der Waals surface area contributed by atoms with E-state index in [0.717, 1.165) is 30.8 Å². The first-order valence-corrected chi connectivity index (χ1v) is 6.14. The molecule has 4 nitrogen and oxygen atoms in total. The van der Waals surface area contributed by atoms with E-state index < -0.39 is 6.10 Å². The number of benzene rings is 1. The smallest absolute Gasteiger partial charge is 0.267 e. The van der Waals surface area contributed by atoms with Gasteiger partial charge in [-0.05, 0) is 31.5 Å². The maximum atomic E-state index is 12.0. The summed E-state index contributed by atoms with van der Waals surface area (Å²) in [6, 6.07) is 7.70. The number of rotatable bonds is 1. The van der Waals surface area contributed by atoms with Gasteiger partial charge in [-0.15, -0.1) is 0 Å². The van der Waals surface area contributed by atoms with Crippen LogP contribution in [0.4, 0.5) is 5.69 Å². The Morgan fingerprint density at radius 3 is 2.94 bits per heavy atom. The molecule has 0 radical (unpaired) electrons. The summed E-state index contributed by atoms with van der Waals surface area (Å²) in [7, 11) is 0. The van der Waals surface area contributed by atoms with E-state index in [-0.39, 0.29) is 11.9 Å². The molecule has 2 N–H and O–H groups in total. The molecule has 90 valence electrons. The Balaban J connectivity index is 1.81. The average Bonchev–Trinajstić information content (AvgIpc) is 2.39. The van der Waals surface area contributed by atoms with Crippen molar-refractivity contribution in [1.29, 1.82) is 0 Å². The summed E-state index contributed by atoms with van der Waals surface area (Å²) in [6.45, 7) is 0.972. The number of carbonyl (C=O) groups excluding carboxylic acids is 1. The van der Waals surface area contributed by atoms with Crippen LogP contribution in [0.15, 0.2) is 24.3 Å². The Kier molecular flexibility index (Phi) is 2.73. The van der Waals surface area contributed by atoms with Crippen LogP contribution < -0.4 is 15.4 Å². The SMILES string of the molecule is O=C1Nc2ccccc2OC1C1CCCCN1. The molecule has 1 aromatic rings. The van der Waals surface area contributed by atoms with Crippen molar-refractivity contribution in [2.75, 3.05) is 11.9 Å². The maximum absolute atomic E-state index is 12.0. The molecule has 2 aliphatic heterocycles. The third kappa shape index (κ3) is 2.00. The minimum Gasteiger partial charge on any atom is -0.477 e. The van der Waals surface area contributed by atoms with E-state index in [1.165, 1.54) is 6.42 Å². The van der Waals surface area contributed by atoms with Crippen LogP contribution in [0.5, 0.6) is 5.75 Å². The highest BCUT2D eigenvalue weighted by atomic mass is 16.5. The summed E-state index contributed by atoms with van der Waals surface area (Å²) in [5.74, 6) is 0.729. The summed E-state index contributed by atoms with van der Waals surface area (Å²) >= 11 is 0. The second kappa shape index (κ2) is 4.37. The van der Waals surface area contributed by atoms with Gasteiger partial charge < -0.3 is 15.4 Å². The van der Waals surface area contributed by atoms with Crippen molar-refractivity contribution in [2.24, 2.45) is 0 Å². The fourth-order valence-corrected chi connectivity index (χ4v) is 2.47. The molecule has 0 spiro atoms. The average molecular weight is 232 g/mol. The van der Waals surface area contributed by atoms with E-state index in [1.807, 2.05) is 24.3 Å². The molecular weight excluding hydrogens is 216 g/mol. The Hall–Kier alpha value is -1.55. The normalized spacial score (nSPS) is 27.9. The number of fused-ring (bicyclic) bond motifs is 1. The lowest BCUT2D eigenvalue weighted by Crippen LogP contribution is -2.53. The van der Waals surface area contributed by atoms with Crippen molar-refractivity contribution in [3.63, 3.8) is 0 Å². The molecule has 3 rings (SSSR count). The second-order valence-electron chi connectivity index (χ2n) is 4.58. The van der Waals surface area contributed by atoms with E-state index in [2.05, 4.69) is 10.6 Å². The maximum Gasteiger partial charge on any atom is 0.267 e. The van der Waals surface area contributed by atoms with Gasteiger partial charge in [0.1, 0.15) is 5.75 Å². The molecule has 4 heteroatoms. The summed E-state index contributed by atoms with van der Waals surface area (Å²) in [6.07, 6.45) is 2.94. The van der Waals surface area contributed by atoms with Crippen molar-refractivity contribution in [3.8, 4) is 5.75 Å². The van der Waals surface area contributed by atoms with Gasteiger partial charge >= 0.3 is 0 Å². The van der Waals surface area contributed by atoms with Crippen molar-refractivity contribution in [1.82, 2.24) is 5.32 Å². The predicted octanol–water partition coefficient (Wildman–Crippen LogP) is 1.53. The van der Waals surface area contributed by atoms with E-state index in [0.29, 0.717) is 0 Å². The lowest BCUT2D eigenvalue weighted by atomic mass is 9.98. The molecule has 2 unspecified atom stereocenters. The zero-order valence-corrected chi connectivity index (χ0v) is 9.61. The van der Waals surface area contributed by atoms with Crippen LogP contribution in [-0.4, -0.2) is 24.6 Å². The van der Waals surface area contributed by atoms with Crippen LogP contribution in [0.25, 0.3) is 0 Å². The summed E-state index contributed by atoms with van der Waals surface area (Å²) in [5, 5.41) is 6.27. The topological polar surface area (TPSA) is 50.4 Å². The van der Waals surface area contributed by atoms with E-state index in [4.69, 9.17) is 4.74 Å². The Labute approximate surface area is 100 Å². The zero-order valence-electron chi connectivity index (χ0n) is 9.61. The van der Waals surface area contributed by atoms with E-state index >= 15 is 0 Å². The number of ether oxygens (including phenoxy) is 1. The van der Waals surface area contributed by atoms with Gasteiger partial charge in [-0.3, -0.25) is 4.79 Å². The lowest BCUT2D eigenvalue weighted by Gasteiger charge is -2.34. The molecule has 1 fully saturated rings. The number of hydrogen-bond donors (Lipinski definition) is 2. The fourth-order valence-electron chi connectivity index (χ4n) is 2.47. The Bertz CT molecular complexity index is 427. The number of amides is 1. The first-order chi connectivity index (χ1) is 8.34. The van der Waals surface area contributed by atoms with Crippen LogP contribution in [0, 0.1) is 0 Å². The molecule has 2 aliphatic rings. The molecule has 2 heterocycles. The number of carbonyl (C=O) groups is 1. The molecule has 0 bridgehead atoms. The van der Waals surface area contributed by atoms with Gasteiger partial charge in [-0.25, -0.2) is 0 Å². The molecule has 0 aliphatic carbocycles. The van der Waals surface area contributed by atoms with Gasteiger partial charge in [0.15, 0.2) is 6.10 Å². The molecular formula is C13H16N2O2. The first kappa shape index (κ1) is 10.6. The zero-order chi connectivity index (χ0) is 11.7. The predicted molar refractivity (Wildman–Crippen MR) is 65.1 cm³/mol. The number of anilines is 1. The van der Waals surface area contributed by atoms with Crippen molar-refractivity contribution in [3.05, 3.63) is 24.3 Å². The molecule has 17 heavy (non-hydrogen) atoms. The van der Waals surface area contributed by atoms with Crippen molar-refractivity contribution < 1.29 is 9.53 Å². The highest BCUT2D eigenvalue weighted by molar-refractivity contribution is 5.98. The first-order valence-electron chi connectivity index (χ1n) is 6.14. The van der Waals surface area contributed by atoms with Gasteiger partial charge in [-0.1, -0.05) is 18.6 Å². The minimum absolute atomic E-state index is 0.0388. The number of piperidine rings is 1. The summed E-state index contributed by atoms with van der Waals surface area (Å²) in [5.41, 5.74) is 0.768. The van der Waals surface area contributed by atoms with Crippen LogP contribution in [-0.2, 0) is 4.79 Å². The summed E-state index contributed by atoms with van der Waals surface area (Å²) < 4.78 is 5.81. The van der Waals surface area contributed by atoms with Crippen molar-refractivity contribution in [2.45, 2.75) is 31.4 Å². The molecule has 1 saturated heterocycles. The third-order valence-electron chi connectivity index (χ3n) is 3.37. The molecule has 1 amide bonds. The monoisotopic (exact) mass is 232 g/mol. The second-order valence-corrected chi connectivity index (χ2v) is 4.58. The number of hydrogen-bond acceptors (Lipinski definition) is 3. The van der Waals surface area contributed by atoms with Crippen LogP contribution >= 0.6 is 0 Å². The number of nitrogens with one attached hydrogen (secondary N) is 2. The third-order valence-corrected chi connectivity index (χ3v) is 3.37. The van der Waals surface area contributed by atoms with E-state index in [9.17, 15) is 4.79 Å². The highest BCUT2D eigenvalue weighted by Crippen LogP contribution is 2.30. The van der Waals surface area contributed by atoms with Crippen LogP contribution in [0.1, 0.15) is 19.3 Å². The lowest BCUT2D eigenvalue weighted by molar-refractivity contribution is -0.125. The van der Waals surface area contributed by atoms with Gasteiger partial charge in [0, 0.05) is 0 Å². The van der Waals surface area contributed by atoms with Crippen LogP contribution in [0.3, 0.4) is 0 Å². The van der Waals surface area contributed by atoms with E-state index in [1.54, 1.807) is 0 Å². The highest BCUT2D eigenvalue weighted by Gasteiger charge is 2.34. The van der Waals surface area contributed by atoms with Crippen molar-refractivity contribution >= 4 is 11.6 Å². The largest absolute Gasteiger partial charge is 0.477 e. The van der Waals surface area contributed by atoms with Gasteiger partial charge in [0.25, 0.3) is 5.91 Å². The van der Waals surface area contributed by atoms with Gasteiger partial charge in [0.05, 0.1) is 11.7 Å². The Morgan fingerprint density at radius 2 is 2.12 bits per heavy atom. The number of para-hydroxylation sites is 2. The molecule has 0 saturated carbocycles. The van der Waals surface area contributed by atoms with Crippen LogP contribution in [0.2, 0.25) is 0 Å². The summed E-state index contributed by atoms with van der Waals surface area (Å²) in [4.78, 5) is 12.0. The van der Waals surface area contributed by atoms with Gasteiger partial charge in [-0.2, -0.15) is 0 Å². The Morgan fingerprint density at radius 1 is 1.24 bits per heavy atom. The molecule has 2 atom stereocenters. The molecule has 1 aromatic carbocycles. The fraction of sp³-hybridized carbons (Fsp3) is 0.462. The molecule has 0 aromatic heterocycles. The van der Waals surface area contributed by atoms with Gasteiger partial charge in [0.2, 0.25) is 0 Å². The quantitative estimate of drug-likeness (QED) is 0.772. The minimum atomic E-state index is -0.398.